The van der Waals surface area contributed by atoms with Crippen LogP contribution in [0.3, 0.4) is 0 Å². The minimum absolute atomic E-state index is 0.0983. The summed E-state index contributed by atoms with van der Waals surface area (Å²) in [5, 5.41) is 11.7. The molecule has 1 heterocycles. The lowest BCUT2D eigenvalue weighted by Gasteiger charge is -2.21. The van der Waals surface area contributed by atoms with Crippen molar-refractivity contribution in [1.29, 1.82) is 0 Å². The standard InChI is InChI=1S/C13H13FN4O/c1-18(10-5-2-4-9(14)8-10)11-6-3-7-16-12(11)13(15)17-19/h2-8,19H,1H3,(H2,15,17). The molecule has 6 heteroatoms. The highest BCUT2D eigenvalue weighted by Gasteiger charge is 2.13. The van der Waals surface area contributed by atoms with E-state index in [0.717, 1.165) is 0 Å². The van der Waals surface area contributed by atoms with Gasteiger partial charge in [-0.25, -0.2) is 4.39 Å². The van der Waals surface area contributed by atoms with Crippen molar-refractivity contribution in [3.05, 3.63) is 54.1 Å². The highest BCUT2D eigenvalue weighted by atomic mass is 19.1. The maximum absolute atomic E-state index is 13.2. The zero-order valence-corrected chi connectivity index (χ0v) is 10.3. The van der Waals surface area contributed by atoms with Crippen LogP contribution in [0, 0.1) is 5.82 Å². The Bertz CT molecular complexity index is 615. The third-order valence-electron chi connectivity index (χ3n) is 2.69. The lowest BCUT2D eigenvalue weighted by atomic mass is 10.2. The van der Waals surface area contributed by atoms with E-state index in [1.165, 1.54) is 18.3 Å². The number of hydrogen-bond donors (Lipinski definition) is 2. The molecule has 0 aliphatic rings. The van der Waals surface area contributed by atoms with Crippen molar-refractivity contribution >= 4 is 17.2 Å². The Balaban J connectivity index is 2.47. The highest BCUT2D eigenvalue weighted by molar-refractivity contribution is 6.00. The van der Waals surface area contributed by atoms with E-state index in [1.54, 1.807) is 36.2 Å². The molecule has 1 aromatic heterocycles. The molecule has 2 rings (SSSR count). The van der Waals surface area contributed by atoms with E-state index in [2.05, 4.69) is 10.1 Å². The first-order chi connectivity index (χ1) is 9.13. The molecule has 0 saturated carbocycles. The zero-order chi connectivity index (χ0) is 13.8. The van der Waals surface area contributed by atoms with Crippen molar-refractivity contribution in [3.63, 3.8) is 0 Å². The molecule has 0 amide bonds. The third-order valence-corrected chi connectivity index (χ3v) is 2.69. The van der Waals surface area contributed by atoms with Gasteiger partial charge in [-0.2, -0.15) is 0 Å². The second kappa shape index (κ2) is 5.34. The number of aromatic nitrogens is 1. The summed E-state index contributed by atoms with van der Waals surface area (Å²) in [5.74, 6) is -0.433. The predicted molar refractivity (Wildman–Crippen MR) is 71.2 cm³/mol. The first kappa shape index (κ1) is 12.8. The van der Waals surface area contributed by atoms with Crippen LogP contribution >= 0.6 is 0 Å². The number of benzene rings is 1. The maximum Gasteiger partial charge on any atom is 0.190 e. The van der Waals surface area contributed by atoms with Crippen LogP contribution in [0.15, 0.2) is 47.8 Å². The van der Waals surface area contributed by atoms with E-state index in [1.807, 2.05) is 0 Å². The Morgan fingerprint density at radius 3 is 2.84 bits per heavy atom. The minimum atomic E-state index is -0.335. The van der Waals surface area contributed by atoms with Gasteiger partial charge >= 0.3 is 0 Å². The Morgan fingerprint density at radius 2 is 2.16 bits per heavy atom. The number of hydrogen-bond acceptors (Lipinski definition) is 4. The lowest BCUT2D eigenvalue weighted by molar-refractivity contribution is 0.318. The largest absolute Gasteiger partial charge is 0.409 e. The number of anilines is 2. The van der Waals surface area contributed by atoms with Gasteiger partial charge in [-0.15, -0.1) is 0 Å². The fourth-order valence-electron chi connectivity index (χ4n) is 1.74. The summed E-state index contributed by atoms with van der Waals surface area (Å²) in [6.07, 6.45) is 1.54. The van der Waals surface area contributed by atoms with Crippen LogP contribution in [-0.2, 0) is 0 Å². The average Bonchev–Trinajstić information content (AvgIpc) is 2.45. The number of nitrogens with two attached hydrogens (primary N) is 1. The fourth-order valence-corrected chi connectivity index (χ4v) is 1.74. The fraction of sp³-hybridized carbons (Fsp3) is 0.0769. The average molecular weight is 260 g/mol. The molecule has 2 aromatic rings. The molecule has 0 aliphatic heterocycles. The topological polar surface area (TPSA) is 74.7 Å². The molecule has 0 bridgehead atoms. The van der Waals surface area contributed by atoms with E-state index >= 15 is 0 Å². The first-order valence-electron chi connectivity index (χ1n) is 5.55. The molecule has 1 aromatic carbocycles. The van der Waals surface area contributed by atoms with Crippen LogP contribution in [0.25, 0.3) is 0 Å². The number of rotatable bonds is 3. The van der Waals surface area contributed by atoms with E-state index in [0.29, 0.717) is 17.1 Å². The van der Waals surface area contributed by atoms with Gasteiger partial charge in [0.25, 0.3) is 0 Å². The molecule has 98 valence electrons. The molecule has 3 N–H and O–H groups in total. The van der Waals surface area contributed by atoms with Gasteiger partial charge in [-0.3, -0.25) is 4.98 Å². The van der Waals surface area contributed by atoms with Crippen molar-refractivity contribution < 1.29 is 9.60 Å². The van der Waals surface area contributed by atoms with Gasteiger partial charge in [0, 0.05) is 18.9 Å². The summed E-state index contributed by atoms with van der Waals surface area (Å²) in [5.41, 5.74) is 7.16. The van der Waals surface area contributed by atoms with Gasteiger partial charge < -0.3 is 15.8 Å². The smallest absolute Gasteiger partial charge is 0.190 e. The van der Waals surface area contributed by atoms with E-state index in [4.69, 9.17) is 10.9 Å². The molecule has 0 spiro atoms. The molecule has 0 radical (unpaired) electrons. The number of oxime groups is 1. The monoisotopic (exact) mass is 260 g/mol. The van der Waals surface area contributed by atoms with Crippen LogP contribution in [-0.4, -0.2) is 23.1 Å². The molecule has 0 fully saturated rings. The third kappa shape index (κ3) is 2.62. The predicted octanol–water partition coefficient (Wildman–Crippen LogP) is 2.08. The van der Waals surface area contributed by atoms with Gasteiger partial charge in [-0.05, 0) is 30.3 Å². The molecule has 0 atom stereocenters. The van der Waals surface area contributed by atoms with Gasteiger partial charge in [0.1, 0.15) is 11.5 Å². The second-order valence-electron chi connectivity index (χ2n) is 3.90. The quantitative estimate of drug-likeness (QED) is 0.383. The molecule has 5 nitrogen and oxygen atoms in total. The van der Waals surface area contributed by atoms with E-state index < -0.39 is 0 Å². The van der Waals surface area contributed by atoms with Crippen molar-refractivity contribution in [2.24, 2.45) is 10.9 Å². The van der Waals surface area contributed by atoms with Crippen molar-refractivity contribution in [1.82, 2.24) is 4.98 Å². The van der Waals surface area contributed by atoms with Crippen molar-refractivity contribution in [2.45, 2.75) is 0 Å². The summed E-state index contributed by atoms with van der Waals surface area (Å²) in [4.78, 5) is 5.78. The summed E-state index contributed by atoms with van der Waals surface area (Å²) in [6.45, 7) is 0. The number of nitrogens with zero attached hydrogens (tertiary/aromatic N) is 3. The summed E-state index contributed by atoms with van der Waals surface area (Å²) in [7, 11) is 1.75. The SMILES string of the molecule is CN(c1cccc(F)c1)c1cccnc1/C(N)=N/O. The van der Waals surface area contributed by atoms with Gasteiger partial charge in [0.15, 0.2) is 5.84 Å². The maximum atomic E-state index is 13.2. The Labute approximate surface area is 109 Å². The summed E-state index contributed by atoms with van der Waals surface area (Å²) < 4.78 is 13.2. The number of pyridine rings is 1. The number of halogens is 1. The van der Waals surface area contributed by atoms with Crippen LogP contribution < -0.4 is 10.6 Å². The zero-order valence-electron chi connectivity index (χ0n) is 10.3. The minimum Gasteiger partial charge on any atom is -0.409 e. The Kier molecular flexibility index (Phi) is 3.61. The lowest BCUT2D eigenvalue weighted by Crippen LogP contribution is -2.21. The van der Waals surface area contributed by atoms with Gasteiger partial charge in [0.2, 0.25) is 0 Å². The van der Waals surface area contributed by atoms with E-state index in [-0.39, 0.29) is 11.7 Å². The van der Waals surface area contributed by atoms with Crippen LogP contribution in [0.1, 0.15) is 5.69 Å². The Hall–Kier alpha value is -2.63. The molecular formula is C13H13FN4O. The van der Waals surface area contributed by atoms with Crippen molar-refractivity contribution in [3.8, 4) is 0 Å². The molecule has 0 unspecified atom stereocenters. The molecule has 19 heavy (non-hydrogen) atoms. The van der Waals surface area contributed by atoms with Crippen LogP contribution in [0.4, 0.5) is 15.8 Å². The Morgan fingerprint density at radius 1 is 1.37 bits per heavy atom. The van der Waals surface area contributed by atoms with Gasteiger partial charge in [0.05, 0.1) is 5.69 Å². The van der Waals surface area contributed by atoms with E-state index in [9.17, 15) is 4.39 Å². The van der Waals surface area contributed by atoms with Crippen molar-refractivity contribution in [2.75, 3.05) is 11.9 Å². The molecule has 0 saturated heterocycles. The first-order valence-corrected chi connectivity index (χ1v) is 5.55. The summed E-state index contributed by atoms with van der Waals surface area (Å²) in [6, 6.07) is 9.60. The normalized spacial score (nSPS) is 11.4. The summed E-state index contributed by atoms with van der Waals surface area (Å²) >= 11 is 0. The highest BCUT2D eigenvalue weighted by Crippen LogP contribution is 2.26. The second-order valence-corrected chi connectivity index (χ2v) is 3.90. The van der Waals surface area contributed by atoms with Gasteiger partial charge in [-0.1, -0.05) is 11.2 Å². The molecule has 0 aliphatic carbocycles. The molecular weight excluding hydrogens is 247 g/mol. The van der Waals surface area contributed by atoms with Crippen LogP contribution in [0.2, 0.25) is 0 Å². The van der Waals surface area contributed by atoms with Crippen LogP contribution in [0.5, 0.6) is 0 Å². The number of amidine groups is 1.